The number of para-hydroxylation sites is 2. The van der Waals surface area contributed by atoms with Gasteiger partial charge in [0.15, 0.2) is 0 Å². The summed E-state index contributed by atoms with van der Waals surface area (Å²) >= 11 is 0. The van der Waals surface area contributed by atoms with Crippen molar-refractivity contribution in [2.45, 2.75) is 31.1 Å². The second-order valence-corrected chi connectivity index (χ2v) is 8.93. The predicted octanol–water partition coefficient (Wildman–Crippen LogP) is 6.25. The second-order valence-electron chi connectivity index (χ2n) is 7.33. The van der Waals surface area contributed by atoms with Gasteiger partial charge in [-0.1, -0.05) is 43.7 Å². The molecule has 1 aromatic heterocycles. The average Bonchev–Trinajstić information content (AvgIpc) is 2.79. The van der Waals surface area contributed by atoms with Crippen molar-refractivity contribution in [3.63, 3.8) is 0 Å². The quantitative estimate of drug-likeness (QED) is 0.344. The molecule has 0 aliphatic heterocycles. The van der Waals surface area contributed by atoms with Gasteiger partial charge in [0, 0.05) is 5.69 Å². The fourth-order valence-electron chi connectivity index (χ4n) is 3.18. The zero-order valence-electron chi connectivity index (χ0n) is 17.5. The van der Waals surface area contributed by atoms with Gasteiger partial charge in [-0.25, -0.2) is 17.8 Å². The topological polar surface area (TPSA) is 86.1 Å². The molecule has 4 aromatic rings. The van der Waals surface area contributed by atoms with Gasteiger partial charge >= 0.3 is 0 Å². The van der Waals surface area contributed by atoms with Crippen LogP contribution in [0.3, 0.4) is 0 Å². The molecule has 4 rings (SSSR count). The lowest BCUT2D eigenvalue weighted by atomic mass is 10.1. The van der Waals surface area contributed by atoms with Crippen LogP contribution in [0.15, 0.2) is 77.7 Å². The fraction of sp³-hybridized carbons (Fsp3) is 0.167. The number of unbranched alkanes of at least 4 members (excludes halogenated alkanes) is 1. The van der Waals surface area contributed by atoms with Crippen LogP contribution in [0.25, 0.3) is 15.8 Å². The zero-order chi connectivity index (χ0) is 22.6. The summed E-state index contributed by atoms with van der Waals surface area (Å²) in [6, 6.07) is 19.5. The van der Waals surface area contributed by atoms with Crippen LogP contribution >= 0.6 is 0 Å². The van der Waals surface area contributed by atoms with E-state index in [9.17, 15) is 12.8 Å². The molecule has 0 saturated heterocycles. The van der Waals surface area contributed by atoms with E-state index in [0.29, 0.717) is 11.0 Å². The molecule has 0 fully saturated rings. The summed E-state index contributed by atoms with van der Waals surface area (Å²) in [6.45, 7) is 2.15. The van der Waals surface area contributed by atoms with Gasteiger partial charge in [0.05, 0.1) is 10.4 Å². The molecule has 0 amide bonds. The SMILES string of the molecule is CCCCc1ccc(Nc2nc3ccccc3nc2[N-]S(=O)(=O)c2ccc(F)cc2)cc1. The fourth-order valence-corrected chi connectivity index (χ4v) is 4.12. The van der Waals surface area contributed by atoms with Crippen molar-refractivity contribution in [3.8, 4) is 0 Å². The van der Waals surface area contributed by atoms with Crippen LogP contribution < -0.4 is 5.32 Å². The lowest BCUT2D eigenvalue weighted by Crippen LogP contribution is -2.03. The van der Waals surface area contributed by atoms with Crippen LogP contribution in [-0.2, 0) is 16.4 Å². The van der Waals surface area contributed by atoms with Crippen LogP contribution in [0.1, 0.15) is 25.3 Å². The lowest BCUT2D eigenvalue weighted by Gasteiger charge is -2.21. The highest BCUT2D eigenvalue weighted by molar-refractivity contribution is 7.94. The maximum Gasteiger partial charge on any atom is 0.202 e. The van der Waals surface area contributed by atoms with E-state index < -0.39 is 15.8 Å². The number of anilines is 2. The summed E-state index contributed by atoms with van der Waals surface area (Å²) in [6.07, 6.45) is 3.25. The number of nitrogens with one attached hydrogen (secondary N) is 1. The Kier molecular flexibility index (Phi) is 6.32. The Morgan fingerprint density at radius 1 is 0.906 bits per heavy atom. The van der Waals surface area contributed by atoms with Gasteiger partial charge in [-0.15, -0.1) is 0 Å². The number of sulfonamides is 1. The molecular formula is C24H22FN4O2S-. The molecule has 0 spiro atoms. The average molecular weight is 450 g/mol. The Hall–Kier alpha value is -3.52. The highest BCUT2D eigenvalue weighted by Gasteiger charge is 2.13. The number of hydrogen-bond donors (Lipinski definition) is 1. The Bertz CT molecular complexity index is 1320. The molecular weight excluding hydrogens is 427 g/mol. The van der Waals surface area contributed by atoms with Crippen molar-refractivity contribution < 1.29 is 12.8 Å². The Balaban J connectivity index is 1.68. The van der Waals surface area contributed by atoms with Crippen molar-refractivity contribution in [1.29, 1.82) is 0 Å². The number of rotatable bonds is 8. The molecule has 6 nitrogen and oxygen atoms in total. The van der Waals surface area contributed by atoms with Crippen molar-refractivity contribution in [1.82, 2.24) is 9.97 Å². The third kappa shape index (κ3) is 5.03. The molecule has 0 aliphatic rings. The second kappa shape index (κ2) is 9.32. The summed E-state index contributed by atoms with van der Waals surface area (Å²) in [5.41, 5.74) is 3.09. The summed E-state index contributed by atoms with van der Waals surface area (Å²) in [4.78, 5) is 8.83. The largest absolute Gasteiger partial charge is 0.431 e. The van der Waals surface area contributed by atoms with E-state index >= 15 is 0 Å². The molecule has 8 heteroatoms. The molecule has 3 aromatic carbocycles. The van der Waals surface area contributed by atoms with Gasteiger partial charge in [0.25, 0.3) is 0 Å². The highest BCUT2D eigenvalue weighted by Crippen LogP contribution is 2.34. The van der Waals surface area contributed by atoms with Gasteiger partial charge < -0.3 is 15.0 Å². The van der Waals surface area contributed by atoms with Crippen LogP contribution in [0.2, 0.25) is 0 Å². The first-order chi connectivity index (χ1) is 15.4. The maximum atomic E-state index is 13.2. The summed E-state index contributed by atoms with van der Waals surface area (Å²) < 4.78 is 42.8. The van der Waals surface area contributed by atoms with Crippen molar-refractivity contribution in [2.75, 3.05) is 5.32 Å². The molecule has 1 N–H and O–H groups in total. The van der Waals surface area contributed by atoms with E-state index in [1.165, 1.54) is 17.7 Å². The van der Waals surface area contributed by atoms with Gasteiger partial charge in [0.1, 0.15) is 11.6 Å². The van der Waals surface area contributed by atoms with E-state index in [4.69, 9.17) is 0 Å². The first kappa shape index (κ1) is 21.7. The maximum absolute atomic E-state index is 13.2. The Morgan fingerprint density at radius 2 is 1.56 bits per heavy atom. The number of nitrogens with zero attached hydrogens (tertiary/aromatic N) is 3. The summed E-state index contributed by atoms with van der Waals surface area (Å²) in [7, 11) is -4.11. The number of aryl methyl sites for hydroxylation is 1. The molecule has 164 valence electrons. The van der Waals surface area contributed by atoms with Gasteiger partial charge in [-0.2, -0.15) is 0 Å². The number of benzene rings is 3. The monoisotopic (exact) mass is 449 g/mol. The molecule has 0 radical (unpaired) electrons. The van der Waals surface area contributed by atoms with Crippen molar-refractivity contribution in [2.24, 2.45) is 0 Å². The predicted molar refractivity (Wildman–Crippen MR) is 124 cm³/mol. The number of aromatic nitrogens is 2. The minimum absolute atomic E-state index is 0.0666. The summed E-state index contributed by atoms with van der Waals surface area (Å²) in [5, 5.41) is 3.14. The minimum Gasteiger partial charge on any atom is -0.431 e. The third-order valence-electron chi connectivity index (χ3n) is 4.91. The van der Waals surface area contributed by atoms with E-state index in [1.807, 2.05) is 30.3 Å². The van der Waals surface area contributed by atoms with Crippen LogP contribution in [0, 0.1) is 5.82 Å². The van der Waals surface area contributed by atoms with Crippen molar-refractivity contribution in [3.05, 3.63) is 88.9 Å². The molecule has 0 atom stereocenters. The first-order valence-corrected chi connectivity index (χ1v) is 11.7. The molecule has 0 aliphatic carbocycles. The smallest absolute Gasteiger partial charge is 0.202 e. The molecule has 0 bridgehead atoms. The Labute approximate surface area is 186 Å². The summed E-state index contributed by atoms with van der Waals surface area (Å²) in [5.74, 6) is -0.377. The molecule has 0 unspecified atom stereocenters. The minimum atomic E-state index is -4.11. The van der Waals surface area contributed by atoms with Gasteiger partial charge in [0.2, 0.25) is 10.0 Å². The number of fused-ring (bicyclic) bond motifs is 1. The zero-order valence-corrected chi connectivity index (χ0v) is 18.3. The first-order valence-electron chi connectivity index (χ1n) is 10.3. The standard InChI is InChI=1S/C24H22FN4O2S/c1-2-3-6-17-9-13-19(14-10-17)26-23-24(28-22-8-5-4-7-21(22)27-23)29-32(30,31)20-15-11-18(25)12-16-20/h4-5,7-16H,2-3,6H2,1H3,(H-,26,27,28,29)/q-1. The molecule has 32 heavy (non-hydrogen) atoms. The van der Waals surface area contributed by atoms with E-state index in [-0.39, 0.29) is 16.5 Å². The highest BCUT2D eigenvalue weighted by atomic mass is 32.2. The Morgan fingerprint density at radius 3 is 2.22 bits per heavy atom. The van der Waals surface area contributed by atoms with Crippen LogP contribution in [0.4, 0.5) is 21.7 Å². The number of hydrogen-bond acceptors (Lipinski definition) is 5. The lowest BCUT2D eigenvalue weighted by molar-refractivity contribution is 0.601. The number of halogens is 1. The third-order valence-corrected chi connectivity index (χ3v) is 6.19. The normalized spacial score (nSPS) is 11.4. The van der Waals surface area contributed by atoms with E-state index in [0.717, 1.165) is 37.1 Å². The van der Waals surface area contributed by atoms with E-state index in [2.05, 4.69) is 26.9 Å². The van der Waals surface area contributed by atoms with E-state index in [1.54, 1.807) is 18.2 Å². The van der Waals surface area contributed by atoms with Crippen molar-refractivity contribution >= 4 is 38.4 Å². The van der Waals surface area contributed by atoms with Crippen LogP contribution in [-0.4, -0.2) is 18.4 Å². The van der Waals surface area contributed by atoms with Gasteiger partial charge in [-0.05, 0) is 72.2 Å². The molecule has 1 heterocycles. The van der Waals surface area contributed by atoms with Gasteiger partial charge in [-0.3, -0.25) is 0 Å². The molecule has 0 saturated carbocycles. The van der Waals surface area contributed by atoms with Crippen LogP contribution in [0.5, 0.6) is 0 Å².